The fourth-order valence-corrected chi connectivity index (χ4v) is 2.09. The fraction of sp³-hybridized carbons (Fsp3) is 0.250. The lowest BCUT2D eigenvalue weighted by atomic mass is 10.2. The Kier molecular flexibility index (Phi) is 4.51. The predicted molar refractivity (Wildman–Crippen MR) is 78.6 cm³/mol. The van der Waals surface area contributed by atoms with Crippen LogP contribution in [0, 0.1) is 4.77 Å². The van der Waals surface area contributed by atoms with Gasteiger partial charge in [0, 0.05) is 5.69 Å². The molecule has 0 radical (unpaired) electrons. The van der Waals surface area contributed by atoms with E-state index >= 15 is 0 Å². The van der Waals surface area contributed by atoms with Crippen LogP contribution in [0.25, 0.3) is 5.69 Å². The smallest absolute Gasteiger partial charge is 0.326 e. The van der Waals surface area contributed by atoms with Gasteiger partial charge in [0.15, 0.2) is 0 Å². The van der Waals surface area contributed by atoms with Gasteiger partial charge >= 0.3 is 11.9 Å². The highest BCUT2D eigenvalue weighted by Crippen LogP contribution is 2.20. The van der Waals surface area contributed by atoms with E-state index < -0.39 is 24.5 Å². The van der Waals surface area contributed by atoms with Crippen molar-refractivity contribution in [2.75, 3.05) is 11.4 Å². The van der Waals surface area contributed by atoms with Crippen molar-refractivity contribution >= 4 is 29.8 Å². The first-order chi connectivity index (χ1) is 10.4. The Hall–Kier alpha value is -2.75. The Labute approximate surface area is 129 Å². The maximum Gasteiger partial charge on any atom is 0.326 e. The lowest BCUT2D eigenvalue weighted by Gasteiger charge is -2.27. The van der Waals surface area contributed by atoms with Crippen LogP contribution in [0.3, 0.4) is 0 Å². The number of carboxylic acids is 2. The number of rotatable bonds is 6. The zero-order valence-electron chi connectivity index (χ0n) is 11.5. The number of benzene rings is 1. The van der Waals surface area contributed by atoms with Gasteiger partial charge in [-0.2, -0.15) is 5.21 Å². The number of aromatic amines is 1. The summed E-state index contributed by atoms with van der Waals surface area (Å²) < 4.78 is 1.62. The number of H-pyrrole nitrogens is 1. The topological polar surface area (TPSA) is 124 Å². The first-order valence-corrected chi connectivity index (χ1v) is 6.62. The monoisotopic (exact) mass is 323 g/mol. The van der Waals surface area contributed by atoms with E-state index in [1.165, 1.54) is 16.5 Å². The zero-order valence-corrected chi connectivity index (χ0v) is 12.3. The quantitative estimate of drug-likeness (QED) is 0.663. The molecule has 0 aliphatic carbocycles. The van der Waals surface area contributed by atoms with Crippen LogP contribution in [0.2, 0.25) is 0 Å². The summed E-state index contributed by atoms with van der Waals surface area (Å²) in [6.07, 6.45) is 0. The van der Waals surface area contributed by atoms with Crippen molar-refractivity contribution in [1.29, 1.82) is 0 Å². The lowest BCUT2D eigenvalue weighted by molar-refractivity contribution is -0.138. The Morgan fingerprint density at radius 3 is 2.73 bits per heavy atom. The third-order valence-corrected chi connectivity index (χ3v) is 3.29. The third kappa shape index (κ3) is 3.28. The minimum absolute atomic E-state index is 0.202. The number of anilines is 1. The number of nitrogens with one attached hydrogen (secondary N) is 1. The van der Waals surface area contributed by atoms with Gasteiger partial charge in [-0.05, 0) is 37.3 Å². The first-order valence-electron chi connectivity index (χ1n) is 6.22. The van der Waals surface area contributed by atoms with Crippen molar-refractivity contribution in [3.8, 4) is 5.69 Å². The highest BCUT2D eigenvalue weighted by Gasteiger charge is 2.23. The second kappa shape index (κ2) is 6.35. The van der Waals surface area contributed by atoms with Crippen LogP contribution in [0.15, 0.2) is 24.3 Å². The molecule has 3 N–H and O–H groups in total. The summed E-state index contributed by atoms with van der Waals surface area (Å²) in [4.78, 5) is 23.4. The molecule has 2 rings (SSSR count). The molecule has 2 aromatic rings. The highest BCUT2D eigenvalue weighted by molar-refractivity contribution is 7.71. The summed E-state index contributed by atoms with van der Waals surface area (Å²) >= 11 is 5.00. The molecule has 0 spiro atoms. The van der Waals surface area contributed by atoms with Crippen LogP contribution in [-0.2, 0) is 9.59 Å². The molecule has 1 atom stereocenters. The molecule has 116 valence electrons. The molecule has 1 unspecified atom stereocenters. The molecule has 0 saturated heterocycles. The number of hydrogen-bond acceptors (Lipinski definition) is 6. The van der Waals surface area contributed by atoms with E-state index in [0.717, 1.165) is 0 Å². The summed E-state index contributed by atoms with van der Waals surface area (Å²) in [6.45, 7) is 0.977. The van der Waals surface area contributed by atoms with Gasteiger partial charge in [-0.25, -0.2) is 9.48 Å². The number of carboxylic acid groups (broad SMARTS) is 2. The second-order valence-corrected chi connectivity index (χ2v) is 4.84. The lowest BCUT2D eigenvalue weighted by Crippen LogP contribution is -2.42. The van der Waals surface area contributed by atoms with E-state index in [1.807, 2.05) is 0 Å². The van der Waals surface area contributed by atoms with Gasteiger partial charge in [-0.3, -0.25) is 4.79 Å². The molecule has 0 aliphatic heterocycles. The number of nitrogens with zero attached hydrogens (tertiary/aromatic N) is 4. The molecule has 0 amide bonds. The van der Waals surface area contributed by atoms with Crippen molar-refractivity contribution in [2.45, 2.75) is 13.0 Å². The molecule has 10 heteroatoms. The van der Waals surface area contributed by atoms with Crippen molar-refractivity contribution in [3.63, 3.8) is 0 Å². The molecule has 0 bridgehead atoms. The molecule has 1 aromatic heterocycles. The van der Waals surface area contributed by atoms with Gasteiger partial charge in [0.25, 0.3) is 0 Å². The average molecular weight is 323 g/mol. The minimum Gasteiger partial charge on any atom is -0.480 e. The summed E-state index contributed by atoms with van der Waals surface area (Å²) in [5, 5.41) is 27.9. The van der Waals surface area contributed by atoms with E-state index in [2.05, 4.69) is 15.5 Å². The zero-order chi connectivity index (χ0) is 16.3. The van der Waals surface area contributed by atoms with Crippen molar-refractivity contribution in [3.05, 3.63) is 29.0 Å². The molecule has 1 heterocycles. The Morgan fingerprint density at radius 1 is 1.45 bits per heavy atom. The summed E-state index contributed by atoms with van der Waals surface area (Å²) in [5.74, 6) is -2.25. The summed E-state index contributed by atoms with van der Waals surface area (Å²) in [5.41, 5.74) is 1.01. The normalized spacial score (nSPS) is 11.9. The number of tetrazole rings is 1. The van der Waals surface area contributed by atoms with Crippen LogP contribution in [0.5, 0.6) is 0 Å². The fourth-order valence-electron chi connectivity index (χ4n) is 1.91. The third-order valence-electron chi connectivity index (χ3n) is 3.02. The molecular formula is C12H13N5O4S. The number of aromatic nitrogens is 4. The van der Waals surface area contributed by atoms with Crippen molar-refractivity contribution in [1.82, 2.24) is 20.2 Å². The van der Waals surface area contributed by atoms with Gasteiger partial charge in [-0.15, -0.1) is 0 Å². The highest BCUT2D eigenvalue weighted by atomic mass is 32.1. The Morgan fingerprint density at radius 2 is 2.18 bits per heavy atom. The van der Waals surface area contributed by atoms with Gasteiger partial charge in [0.2, 0.25) is 4.77 Å². The molecular weight excluding hydrogens is 310 g/mol. The number of hydrogen-bond donors (Lipinski definition) is 3. The van der Waals surface area contributed by atoms with E-state index in [1.54, 1.807) is 24.3 Å². The summed E-state index contributed by atoms with van der Waals surface area (Å²) in [7, 11) is 0. The standard InChI is InChI=1S/C12H13N5O4S/c1-7(11(20)21)16(6-10(18)19)8-3-2-4-9(5-8)17-12(22)13-14-15-17/h2-5,7H,6H2,1H3,(H,18,19)(H,20,21)(H,13,15,22). The second-order valence-electron chi connectivity index (χ2n) is 4.47. The maximum atomic E-state index is 11.2. The van der Waals surface area contributed by atoms with Crippen molar-refractivity contribution < 1.29 is 19.8 Å². The first kappa shape index (κ1) is 15.6. The number of aliphatic carboxylic acids is 2. The summed E-state index contributed by atoms with van der Waals surface area (Å²) in [6, 6.07) is 5.61. The molecule has 0 fully saturated rings. The van der Waals surface area contributed by atoms with Gasteiger partial charge in [-0.1, -0.05) is 16.4 Å². The largest absolute Gasteiger partial charge is 0.480 e. The molecule has 1 aromatic carbocycles. The molecule has 22 heavy (non-hydrogen) atoms. The van der Waals surface area contributed by atoms with Gasteiger partial charge in [0.05, 0.1) is 5.69 Å². The van der Waals surface area contributed by atoms with E-state index in [9.17, 15) is 9.59 Å². The van der Waals surface area contributed by atoms with E-state index in [-0.39, 0.29) is 4.77 Å². The van der Waals surface area contributed by atoms with E-state index in [4.69, 9.17) is 22.4 Å². The van der Waals surface area contributed by atoms with E-state index in [0.29, 0.717) is 11.4 Å². The predicted octanol–water partition coefficient (Wildman–Crippen LogP) is 0.689. The average Bonchev–Trinajstić information content (AvgIpc) is 2.90. The molecule has 0 saturated carbocycles. The minimum atomic E-state index is -1.13. The molecule has 9 nitrogen and oxygen atoms in total. The van der Waals surface area contributed by atoms with Crippen LogP contribution in [0.1, 0.15) is 6.92 Å². The van der Waals surface area contributed by atoms with Crippen LogP contribution < -0.4 is 4.90 Å². The van der Waals surface area contributed by atoms with Crippen LogP contribution in [-0.4, -0.2) is 54.9 Å². The van der Waals surface area contributed by atoms with Crippen LogP contribution >= 0.6 is 12.2 Å². The Balaban J connectivity index is 2.44. The maximum absolute atomic E-state index is 11.2. The SMILES string of the molecule is CC(C(=O)O)N(CC(=O)O)c1cccc(-n2[nH]nnc2=S)c1. The van der Waals surface area contributed by atoms with Crippen molar-refractivity contribution in [2.24, 2.45) is 0 Å². The van der Waals surface area contributed by atoms with Crippen LogP contribution in [0.4, 0.5) is 5.69 Å². The number of carbonyl (C=O) groups is 2. The molecule has 0 aliphatic rings. The Bertz CT molecular complexity index is 756. The van der Waals surface area contributed by atoms with Gasteiger partial charge in [0.1, 0.15) is 12.6 Å². The van der Waals surface area contributed by atoms with Gasteiger partial charge < -0.3 is 15.1 Å².